The Hall–Kier alpha value is -3.28. The first-order valence-electron chi connectivity index (χ1n) is 9.15. The van der Waals surface area contributed by atoms with Gasteiger partial charge >= 0.3 is 6.18 Å². The second kappa shape index (κ2) is 8.82. The van der Waals surface area contributed by atoms with Crippen molar-refractivity contribution in [2.75, 3.05) is 5.43 Å². The summed E-state index contributed by atoms with van der Waals surface area (Å²) in [6, 6.07) is 20.1. The SMILES string of the molecule is CC(C)c1ccc(Oc2ccc(C=NNc3cccc(C(F)(F)F)c3)cc2)cc1. The van der Waals surface area contributed by atoms with E-state index in [4.69, 9.17) is 4.74 Å². The number of rotatable bonds is 6. The highest BCUT2D eigenvalue weighted by molar-refractivity contribution is 5.80. The first-order valence-corrected chi connectivity index (χ1v) is 9.15. The lowest BCUT2D eigenvalue weighted by Crippen LogP contribution is -2.05. The molecule has 0 aromatic heterocycles. The van der Waals surface area contributed by atoms with E-state index in [1.165, 1.54) is 23.9 Å². The zero-order valence-electron chi connectivity index (χ0n) is 16.1. The van der Waals surface area contributed by atoms with Crippen LogP contribution in [0.1, 0.15) is 36.5 Å². The fraction of sp³-hybridized carbons (Fsp3) is 0.174. The monoisotopic (exact) mass is 398 g/mol. The van der Waals surface area contributed by atoms with Crippen molar-refractivity contribution in [1.82, 2.24) is 0 Å². The fourth-order valence-electron chi connectivity index (χ4n) is 2.63. The lowest BCUT2D eigenvalue weighted by Gasteiger charge is -2.09. The summed E-state index contributed by atoms with van der Waals surface area (Å²) < 4.78 is 44.0. The summed E-state index contributed by atoms with van der Waals surface area (Å²) in [7, 11) is 0. The van der Waals surface area contributed by atoms with Gasteiger partial charge in [-0.05, 0) is 71.6 Å². The van der Waals surface area contributed by atoms with E-state index in [1.54, 1.807) is 0 Å². The van der Waals surface area contributed by atoms with Crippen LogP contribution in [0.5, 0.6) is 11.5 Å². The van der Waals surface area contributed by atoms with E-state index in [-0.39, 0.29) is 5.69 Å². The van der Waals surface area contributed by atoms with Crippen molar-refractivity contribution in [2.45, 2.75) is 25.9 Å². The first-order chi connectivity index (χ1) is 13.8. The molecule has 3 nitrogen and oxygen atoms in total. The van der Waals surface area contributed by atoms with Crippen LogP contribution in [0, 0.1) is 0 Å². The fourth-order valence-corrected chi connectivity index (χ4v) is 2.63. The molecule has 3 rings (SSSR count). The van der Waals surface area contributed by atoms with E-state index in [0.717, 1.165) is 23.4 Å². The Labute approximate surface area is 167 Å². The molecule has 0 radical (unpaired) electrons. The molecule has 150 valence electrons. The number of hydrogen-bond acceptors (Lipinski definition) is 3. The highest BCUT2D eigenvalue weighted by Gasteiger charge is 2.30. The molecule has 0 unspecified atom stereocenters. The standard InChI is InChI=1S/C23H21F3N2O/c1-16(2)18-8-12-22(13-9-18)29-21-10-6-17(7-11-21)15-27-28-20-5-3-4-19(14-20)23(24,25)26/h3-16,28H,1-2H3. The number of anilines is 1. The Kier molecular flexibility index (Phi) is 6.22. The van der Waals surface area contributed by atoms with Crippen molar-refractivity contribution in [3.05, 3.63) is 89.5 Å². The van der Waals surface area contributed by atoms with E-state index >= 15 is 0 Å². The van der Waals surface area contributed by atoms with E-state index in [0.29, 0.717) is 11.7 Å². The van der Waals surface area contributed by atoms with Gasteiger partial charge in [0.05, 0.1) is 17.5 Å². The number of hydrazone groups is 1. The Morgan fingerprint density at radius 2 is 1.52 bits per heavy atom. The molecule has 0 heterocycles. The number of halogens is 3. The molecule has 3 aromatic carbocycles. The predicted octanol–water partition coefficient (Wildman–Crippen LogP) is 7.07. The van der Waals surface area contributed by atoms with Crippen LogP contribution in [0.4, 0.5) is 18.9 Å². The van der Waals surface area contributed by atoms with Gasteiger partial charge in [0.2, 0.25) is 0 Å². The minimum absolute atomic E-state index is 0.265. The van der Waals surface area contributed by atoms with Gasteiger partial charge in [0.15, 0.2) is 0 Å². The van der Waals surface area contributed by atoms with Gasteiger partial charge in [-0.15, -0.1) is 0 Å². The number of benzene rings is 3. The maximum atomic E-state index is 12.7. The molecule has 0 bridgehead atoms. The van der Waals surface area contributed by atoms with E-state index in [9.17, 15) is 13.2 Å². The zero-order chi connectivity index (χ0) is 20.9. The van der Waals surface area contributed by atoms with Crippen LogP contribution >= 0.6 is 0 Å². The van der Waals surface area contributed by atoms with Gasteiger partial charge < -0.3 is 4.74 Å². The van der Waals surface area contributed by atoms with Crippen molar-refractivity contribution in [3.63, 3.8) is 0 Å². The van der Waals surface area contributed by atoms with Gasteiger partial charge in [0.1, 0.15) is 11.5 Å². The lowest BCUT2D eigenvalue weighted by molar-refractivity contribution is -0.137. The molecule has 0 spiro atoms. The maximum Gasteiger partial charge on any atom is 0.416 e. The summed E-state index contributed by atoms with van der Waals surface area (Å²) in [6.07, 6.45) is -2.85. The van der Waals surface area contributed by atoms with Crippen molar-refractivity contribution in [3.8, 4) is 11.5 Å². The molecule has 0 saturated heterocycles. The second-order valence-corrected chi connectivity index (χ2v) is 6.84. The summed E-state index contributed by atoms with van der Waals surface area (Å²) in [5, 5.41) is 3.99. The Bertz CT molecular complexity index is 963. The molecule has 0 aliphatic carbocycles. The highest BCUT2D eigenvalue weighted by atomic mass is 19.4. The topological polar surface area (TPSA) is 33.6 Å². The van der Waals surface area contributed by atoms with E-state index in [2.05, 4.69) is 24.4 Å². The molecule has 0 aliphatic heterocycles. The number of alkyl halides is 3. The number of ether oxygens (including phenoxy) is 1. The molecular formula is C23H21F3N2O. The molecule has 3 aromatic rings. The second-order valence-electron chi connectivity index (χ2n) is 6.84. The van der Waals surface area contributed by atoms with Gasteiger partial charge in [0, 0.05) is 0 Å². The molecule has 0 atom stereocenters. The van der Waals surface area contributed by atoms with Gasteiger partial charge in [-0.2, -0.15) is 18.3 Å². The highest BCUT2D eigenvalue weighted by Crippen LogP contribution is 2.30. The molecule has 0 amide bonds. The van der Waals surface area contributed by atoms with Crippen LogP contribution in [0.15, 0.2) is 77.9 Å². The average molecular weight is 398 g/mol. The summed E-state index contributed by atoms with van der Waals surface area (Å²) in [6.45, 7) is 4.27. The minimum Gasteiger partial charge on any atom is -0.457 e. The van der Waals surface area contributed by atoms with Gasteiger partial charge in [-0.25, -0.2) is 0 Å². The molecule has 29 heavy (non-hydrogen) atoms. The van der Waals surface area contributed by atoms with E-state index in [1.807, 2.05) is 48.5 Å². The largest absolute Gasteiger partial charge is 0.457 e. The maximum absolute atomic E-state index is 12.7. The number of nitrogens with one attached hydrogen (secondary N) is 1. The molecule has 0 saturated carbocycles. The molecule has 0 fully saturated rings. The van der Waals surface area contributed by atoms with Crippen LogP contribution in [0.3, 0.4) is 0 Å². The summed E-state index contributed by atoms with van der Waals surface area (Å²) in [5.41, 5.74) is 4.19. The summed E-state index contributed by atoms with van der Waals surface area (Å²) >= 11 is 0. The quantitative estimate of drug-likeness (QED) is 0.356. The third kappa shape index (κ3) is 5.85. The van der Waals surface area contributed by atoms with Gasteiger partial charge in [-0.1, -0.05) is 32.0 Å². The van der Waals surface area contributed by atoms with Crippen molar-refractivity contribution >= 4 is 11.9 Å². The van der Waals surface area contributed by atoms with Crippen LogP contribution < -0.4 is 10.2 Å². The van der Waals surface area contributed by atoms with Crippen LogP contribution in [0.2, 0.25) is 0 Å². The third-order valence-corrected chi connectivity index (χ3v) is 4.26. The average Bonchev–Trinajstić information content (AvgIpc) is 2.69. The summed E-state index contributed by atoms with van der Waals surface area (Å²) in [4.78, 5) is 0. The smallest absolute Gasteiger partial charge is 0.416 e. The molecule has 0 aliphatic rings. The van der Waals surface area contributed by atoms with E-state index < -0.39 is 11.7 Å². The minimum atomic E-state index is -4.38. The molecular weight excluding hydrogens is 377 g/mol. The van der Waals surface area contributed by atoms with Crippen LogP contribution in [-0.2, 0) is 6.18 Å². The van der Waals surface area contributed by atoms with Gasteiger partial charge in [-0.3, -0.25) is 5.43 Å². The zero-order valence-corrected chi connectivity index (χ0v) is 16.1. The number of nitrogens with zero attached hydrogens (tertiary/aromatic N) is 1. The van der Waals surface area contributed by atoms with Crippen molar-refractivity contribution in [1.29, 1.82) is 0 Å². The van der Waals surface area contributed by atoms with Crippen LogP contribution in [-0.4, -0.2) is 6.21 Å². The lowest BCUT2D eigenvalue weighted by atomic mass is 10.0. The molecule has 1 N–H and O–H groups in total. The van der Waals surface area contributed by atoms with Gasteiger partial charge in [0.25, 0.3) is 0 Å². The van der Waals surface area contributed by atoms with Crippen molar-refractivity contribution in [2.24, 2.45) is 5.10 Å². The predicted molar refractivity (Wildman–Crippen MR) is 110 cm³/mol. The third-order valence-electron chi connectivity index (χ3n) is 4.26. The molecule has 6 heteroatoms. The Balaban J connectivity index is 1.59. The Morgan fingerprint density at radius 3 is 2.10 bits per heavy atom. The first kappa shape index (κ1) is 20.5. The normalized spacial score (nSPS) is 11.8. The Morgan fingerprint density at radius 1 is 0.897 bits per heavy atom. The van der Waals surface area contributed by atoms with Crippen LogP contribution in [0.25, 0.3) is 0 Å². The summed E-state index contributed by atoms with van der Waals surface area (Å²) in [5.74, 6) is 1.90. The number of hydrogen-bond donors (Lipinski definition) is 1. The van der Waals surface area contributed by atoms with Crippen molar-refractivity contribution < 1.29 is 17.9 Å².